The van der Waals surface area contributed by atoms with Gasteiger partial charge in [-0.3, -0.25) is 14.5 Å². The number of thioether (sulfide) groups is 1. The number of methoxy groups -OCH3 is 1. The molecule has 1 aliphatic rings. The lowest BCUT2D eigenvalue weighted by Gasteiger charge is -2.07. The summed E-state index contributed by atoms with van der Waals surface area (Å²) in [5.41, 5.74) is 0.770. The number of rotatable bonds is 5. The van der Waals surface area contributed by atoms with Crippen LogP contribution >= 0.6 is 11.8 Å². The number of amides is 2. The smallest absolute Gasteiger partial charge is 0.343 e. The highest BCUT2D eigenvalue weighted by molar-refractivity contribution is 8.18. The number of imide groups is 1. The number of ether oxygens (including phenoxy) is 2. The summed E-state index contributed by atoms with van der Waals surface area (Å²) in [5.74, 6) is -0.218. The van der Waals surface area contributed by atoms with Gasteiger partial charge in [-0.1, -0.05) is 12.1 Å². The van der Waals surface area contributed by atoms with Crippen LogP contribution in [0, 0.1) is 0 Å². The zero-order valence-electron chi connectivity index (χ0n) is 12.2. The van der Waals surface area contributed by atoms with E-state index < -0.39 is 5.97 Å². The first-order chi connectivity index (χ1) is 10.5. The van der Waals surface area contributed by atoms with E-state index in [1.807, 2.05) is 0 Å². The van der Waals surface area contributed by atoms with Crippen LogP contribution in [0.1, 0.15) is 12.5 Å². The van der Waals surface area contributed by atoms with Gasteiger partial charge in [0, 0.05) is 6.54 Å². The topological polar surface area (TPSA) is 72.9 Å². The minimum Gasteiger partial charge on any atom is -0.482 e. The van der Waals surface area contributed by atoms with Crippen molar-refractivity contribution in [3.8, 4) is 5.75 Å². The Balaban J connectivity index is 2.05. The van der Waals surface area contributed by atoms with Crippen LogP contribution in [-0.4, -0.2) is 42.3 Å². The van der Waals surface area contributed by atoms with Crippen LogP contribution in [0.2, 0.25) is 0 Å². The molecule has 1 saturated heterocycles. The number of carbonyl (C=O) groups is 3. The average molecular weight is 321 g/mol. The van der Waals surface area contributed by atoms with Crippen molar-refractivity contribution in [2.75, 3.05) is 20.3 Å². The molecule has 1 aromatic carbocycles. The van der Waals surface area contributed by atoms with Crippen LogP contribution in [0.3, 0.4) is 0 Å². The average Bonchev–Trinajstić information content (AvgIpc) is 2.79. The Labute approximate surface area is 132 Å². The first-order valence-corrected chi connectivity index (χ1v) is 7.42. The SMILES string of the molecule is CCN1C(=O)S/C(=C\c2ccc(OCC(=O)OC)cc2)C1=O. The normalized spacial score (nSPS) is 16.3. The molecule has 0 unspecified atom stereocenters. The van der Waals surface area contributed by atoms with Crippen molar-refractivity contribution in [2.45, 2.75) is 6.92 Å². The number of hydrogen-bond donors (Lipinski definition) is 0. The van der Waals surface area contributed by atoms with Gasteiger partial charge in [-0.25, -0.2) is 4.79 Å². The van der Waals surface area contributed by atoms with E-state index in [4.69, 9.17) is 4.74 Å². The molecule has 116 valence electrons. The second kappa shape index (κ2) is 7.13. The summed E-state index contributed by atoms with van der Waals surface area (Å²) in [6, 6.07) is 6.84. The van der Waals surface area contributed by atoms with Gasteiger partial charge in [-0.15, -0.1) is 0 Å². The Bertz CT molecular complexity index is 623. The summed E-state index contributed by atoms with van der Waals surface area (Å²) in [6.07, 6.45) is 1.66. The molecule has 0 aromatic heterocycles. The molecule has 2 amide bonds. The molecule has 6 nitrogen and oxygen atoms in total. The maximum atomic E-state index is 12.0. The summed E-state index contributed by atoms with van der Waals surface area (Å²) in [4.78, 5) is 36.2. The Morgan fingerprint density at radius 2 is 1.95 bits per heavy atom. The van der Waals surface area contributed by atoms with Crippen molar-refractivity contribution in [1.82, 2.24) is 4.90 Å². The molecular weight excluding hydrogens is 306 g/mol. The molecule has 0 radical (unpaired) electrons. The van der Waals surface area contributed by atoms with Gasteiger partial charge in [0.25, 0.3) is 11.1 Å². The van der Waals surface area contributed by atoms with E-state index in [0.29, 0.717) is 17.2 Å². The maximum absolute atomic E-state index is 12.0. The zero-order valence-corrected chi connectivity index (χ0v) is 13.0. The molecule has 1 fully saturated rings. The van der Waals surface area contributed by atoms with Crippen LogP contribution < -0.4 is 4.74 Å². The van der Waals surface area contributed by atoms with Crippen molar-refractivity contribution in [3.63, 3.8) is 0 Å². The molecule has 22 heavy (non-hydrogen) atoms. The van der Waals surface area contributed by atoms with E-state index in [9.17, 15) is 14.4 Å². The number of hydrogen-bond acceptors (Lipinski definition) is 6. The van der Waals surface area contributed by atoms with Crippen LogP contribution in [0.5, 0.6) is 5.75 Å². The highest BCUT2D eigenvalue weighted by atomic mass is 32.2. The van der Waals surface area contributed by atoms with E-state index in [1.54, 1.807) is 37.3 Å². The fourth-order valence-corrected chi connectivity index (χ4v) is 2.69. The van der Waals surface area contributed by atoms with Crippen LogP contribution in [0.25, 0.3) is 6.08 Å². The lowest BCUT2D eigenvalue weighted by molar-refractivity contribution is -0.142. The lowest BCUT2D eigenvalue weighted by Crippen LogP contribution is -2.27. The first-order valence-electron chi connectivity index (χ1n) is 6.60. The molecule has 2 rings (SSSR count). The standard InChI is InChI=1S/C15H15NO5S/c1-3-16-14(18)12(22-15(16)19)8-10-4-6-11(7-5-10)21-9-13(17)20-2/h4-8H,3,9H2,1-2H3/b12-8-. The molecule has 7 heteroatoms. The minimum atomic E-state index is -0.461. The highest BCUT2D eigenvalue weighted by Crippen LogP contribution is 2.32. The summed E-state index contributed by atoms with van der Waals surface area (Å²) in [6.45, 7) is 1.96. The number of likely N-dealkylation sites (N-methyl/N-ethyl adjacent to an activating group) is 1. The molecule has 0 saturated carbocycles. The van der Waals surface area contributed by atoms with Crippen molar-refractivity contribution in [2.24, 2.45) is 0 Å². The van der Waals surface area contributed by atoms with Gasteiger partial charge in [0.2, 0.25) is 0 Å². The fourth-order valence-electron chi connectivity index (χ4n) is 1.79. The largest absolute Gasteiger partial charge is 0.482 e. The third kappa shape index (κ3) is 3.67. The second-order valence-electron chi connectivity index (χ2n) is 4.36. The Hall–Kier alpha value is -2.28. The van der Waals surface area contributed by atoms with Crippen molar-refractivity contribution in [1.29, 1.82) is 0 Å². The number of carbonyl (C=O) groups excluding carboxylic acids is 3. The molecular formula is C15H15NO5S. The number of nitrogens with zero attached hydrogens (tertiary/aromatic N) is 1. The molecule has 0 bridgehead atoms. The fraction of sp³-hybridized carbons (Fsp3) is 0.267. The van der Waals surface area contributed by atoms with E-state index in [-0.39, 0.29) is 17.8 Å². The van der Waals surface area contributed by atoms with Gasteiger partial charge < -0.3 is 9.47 Å². The Morgan fingerprint density at radius 3 is 2.50 bits per heavy atom. The number of esters is 1. The molecule has 1 heterocycles. The van der Waals surface area contributed by atoms with Gasteiger partial charge in [0.1, 0.15) is 5.75 Å². The van der Waals surface area contributed by atoms with Crippen molar-refractivity contribution < 1.29 is 23.9 Å². The Kier molecular flexibility index (Phi) is 5.21. The minimum absolute atomic E-state index is 0.161. The Morgan fingerprint density at radius 1 is 1.27 bits per heavy atom. The predicted molar refractivity (Wildman–Crippen MR) is 82.3 cm³/mol. The van der Waals surface area contributed by atoms with E-state index in [0.717, 1.165) is 17.3 Å². The lowest BCUT2D eigenvalue weighted by atomic mass is 10.2. The molecule has 1 aromatic rings. The van der Waals surface area contributed by atoms with Crippen molar-refractivity contribution >= 4 is 35.0 Å². The van der Waals surface area contributed by atoms with Gasteiger partial charge in [0.15, 0.2) is 6.61 Å². The molecule has 0 aliphatic carbocycles. The second-order valence-corrected chi connectivity index (χ2v) is 5.35. The predicted octanol–water partition coefficient (Wildman–Crippen LogP) is 2.29. The molecule has 1 aliphatic heterocycles. The van der Waals surface area contributed by atoms with Gasteiger partial charge in [-0.2, -0.15) is 0 Å². The summed E-state index contributed by atoms with van der Waals surface area (Å²) >= 11 is 0.929. The third-order valence-corrected chi connectivity index (χ3v) is 3.86. The number of benzene rings is 1. The van der Waals surface area contributed by atoms with E-state index >= 15 is 0 Å². The van der Waals surface area contributed by atoms with Crippen LogP contribution in [0.15, 0.2) is 29.2 Å². The molecule has 0 N–H and O–H groups in total. The van der Waals surface area contributed by atoms with Gasteiger partial charge in [-0.05, 0) is 42.5 Å². The van der Waals surface area contributed by atoms with E-state index in [2.05, 4.69) is 4.74 Å². The third-order valence-electron chi connectivity index (χ3n) is 2.95. The highest BCUT2D eigenvalue weighted by Gasteiger charge is 2.33. The maximum Gasteiger partial charge on any atom is 0.343 e. The summed E-state index contributed by atoms with van der Waals surface area (Å²) in [5, 5.41) is -0.253. The summed E-state index contributed by atoms with van der Waals surface area (Å²) < 4.78 is 9.70. The quantitative estimate of drug-likeness (QED) is 0.612. The van der Waals surface area contributed by atoms with E-state index in [1.165, 1.54) is 12.0 Å². The summed E-state index contributed by atoms with van der Waals surface area (Å²) in [7, 11) is 1.29. The monoisotopic (exact) mass is 321 g/mol. The van der Waals surface area contributed by atoms with Gasteiger partial charge >= 0.3 is 5.97 Å². The zero-order chi connectivity index (χ0) is 16.1. The van der Waals surface area contributed by atoms with Crippen LogP contribution in [-0.2, 0) is 14.3 Å². The first kappa shape index (κ1) is 16.1. The van der Waals surface area contributed by atoms with Crippen LogP contribution in [0.4, 0.5) is 4.79 Å². The molecule has 0 spiro atoms. The van der Waals surface area contributed by atoms with Crippen molar-refractivity contribution in [3.05, 3.63) is 34.7 Å². The van der Waals surface area contributed by atoms with Gasteiger partial charge in [0.05, 0.1) is 12.0 Å². The molecule has 0 atom stereocenters.